The van der Waals surface area contributed by atoms with Crippen molar-refractivity contribution < 1.29 is 14.7 Å². The van der Waals surface area contributed by atoms with Gasteiger partial charge in [0.05, 0.1) is 16.3 Å². The number of aromatic nitrogens is 2. The minimum Gasteiger partial charge on any atom is -0.478 e. The molecule has 0 radical (unpaired) electrons. The Bertz CT molecular complexity index is 785. The van der Waals surface area contributed by atoms with E-state index in [0.717, 1.165) is 4.68 Å². The molecule has 1 heterocycles. The lowest BCUT2D eigenvalue weighted by atomic mass is 10.2. The fraction of sp³-hybridized carbons (Fsp3) is 0.0769. The number of carboxylic acid groups (broad SMARTS) is 1. The lowest BCUT2D eigenvalue weighted by molar-refractivity contribution is 0.0696. The molecule has 0 aliphatic heterocycles. The van der Waals surface area contributed by atoms with Crippen molar-refractivity contribution >= 4 is 29.2 Å². The fourth-order valence-corrected chi connectivity index (χ4v) is 1.73. The molecular formula is C13H10ClN3O4. The molecule has 8 heteroatoms. The number of carbonyl (C=O) groups is 2. The van der Waals surface area contributed by atoms with Crippen LogP contribution in [0.5, 0.6) is 0 Å². The molecule has 1 amide bonds. The summed E-state index contributed by atoms with van der Waals surface area (Å²) < 4.78 is 1.02. The number of carboxylic acids is 1. The molecule has 1 aromatic heterocycles. The van der Waals surface area contributed by atoms with Gasteiger partial charge in [-0.1, -0.05) is 11.6 Å². The highest BCUT2D eigenvalue weighted by Gasteiger charge is 2.13. The zero-order chi connectivity index (χ0) is 15.6. The summed E-state index contributed by atoms with van der Waals surface area (Å²) in [6.45, 7) is 0. The number of aromatic carboxylic acids is 1. The average Bonchev–Trinajstić information content (AvgIpc) is 2.43. The van der Waals surface area contributed by atoms with Gasteiger partial charge in [-0.2, -0.15) is 5.10 Å². The average molecular weight is 308 g/mol. The predicted octanol–water partition coefficient (Wildman–Crippen LogP) is 1.38. The summed E-state index contributed by atoms with van der Waals surface area (Å²) in [5.74, 6) is -1.74. The Morgan fingerprint density at radius 1 is 1.29 bits per heavy atom. The van der Waals surface area contributed by atoms with E-state index in [2.05, 4.69) is 10.4 Å². The number of nitrogens with zero attached hydrogens (tertiary/aromatic N) is 2. The van der Waals surface area contributed by atoms with E-state index in [1.165, 1.54) is 37.4 Å². The number of hydrogen-bond acceptors (Lipinski definition) is 4. The highest BCUT2D eigenvalue weighted by atomic mass is 35.5. The van der Waals surface area contributed by atoms with Crippen molar-refractivity contribution in [2.45, 2.75) is 0 Å². The van der Waals surface area contributed by atoms with Crippen LogP contribution in [-0.2, 0) is 7.05 Å². The van der Waals surface area contributed by atoms with Gasteiger partial charge in [0.25, 0.3) is 11.5 Å². The van der Waals surface area contributed by atoms with Crippen LogP contribution in [-0.4, -0.2) is 26.8 Å². The normalized spacial score (nSPS) is 10.2. The Morgan fingerprint density at radius 3 is 2.62 bits per heavy atom. The summed E-state index contributed by atoms with van der Waals surface area (Å²) in [5, 5.41) is 15.3. The Morgan fingerprint density at radius 2 is 2.00 bits per heavy atom. The standard InChI is InChI=1S/C13H10ClN3O4/c1-17-11(18)5-4-9(16-17)12(19)15-10-6-7(13(20)21)2-3-8(10)14/h2-6H,1H3,(H,15,19)(H,20,21). The predicted molar refractivity (Wildman–Crippen MR) is 75.8 cm³/mol. The van der Waals surface area contributed by atoms with Crippen LogP contribution in [0.1, 0.15) is 20.8 Å². The lowest BCUT2D eigenvalue weighted by Crippen LogP contribution is -2.23. The first-order chi connectivity index (χ1) is 9.88. The van der Waals surface area contributed by atoms with Crippen molar-refractivity contribution in [3.05, 3.63) is 57.0 Å². The van der Waals surface area contributed by atoms with E-state index in [1.54, 1.807) is 0 Å². The number of hydrogen-bond donors (Lipinski definition) is 2. The zero-order valence-corrected chi connectivity index (χ0v) is 11.6. The third-order valence-electron chi connectivity index (χ3n) is 2.65. The van der Waals surface area contributed by atoms with Gasteiger partial charge in [0.15, 0.2) is 0 Å². The fourth-order valence-electron chi connectivity index (χ4n) is 1.56. The summed E-state index contributed by atoms with van der Waals surface area (Å²) in [6.07, 6.45) is 0. The van der Waals surface area contributed by atoms with Crippen molar-refractivity contribution in [1.29, 1.82) is 0 Å². The van der Waals surface area contributed by atoms with E-state index in [4.69, 9.17) is 16.7 Å². The van der Waals surface area contributed by atoms with Crippen LogP contribution in [0.2, 0.25) is 5.02 Å². The van der Waals surface area contributed by atoms with Crippen LogP contribution >= 0.6 is 11.6 Å². The van der Waals surface area contributed by atoms with Gasteiger partial charge in [-0.25, -0.2) is 9.48 Å². The molecular weight excluding hydrogens is 298 g/mol. The van der Waals surface area contributed by atoms with Crippen molar-refractivity contribution in [1.82, 2.24) is 9.78 Å². The molecule has 0 aliphatic carbocycles. The quantitative estimate of drug-likeness (QED) is 0.892. The molecule has 0 fully saturated rings. The number of rotatable bonds is 3. The zero-order valence-electron chi connectivity index (χ0n) is 10.8. The number of carbonyl (C=O) groups excluding carboxylic acids is 1. The SMILES string of the molecule is Cn1nc(C(=O)Nc2cc(C(=O)O)ccc2Cl)ccc1=O. The number of nitrogens with one attached hydrogen (secondary N) is 1. The maximum atomic E-state index is 12.0. The van der Waals surface area contributed by atoms with E-state index in [1.807, 2.05) is 0 Å². The first kappa shape index (κ1) is 14.7. The van der Waals surface area contributed by atoms with Crippen LogP contribution in [0.3, 0.4) is 0 Å². The molecule has 2 N–H and O–H groups in total. The smallest absolute Gasteiger partial charge is 0.335 e. The molecule has 0 bridgehead atoms. The molecule has 0 aliphatic rings. The van der Waals surface area contributed by atoms with Gasteiger partial charge in [0, 0.05) is 13.1 Å². The molecule has 0 atom stereocenters. The van der Waals surface area contributed by atoms with Gasteiger partial charge in [0.1, 0.15) is 5.69 Å². The van der Waals surface area contributed by atoms with E-state index < -0.39 is 11.9 Å². The van der Waals surface area contributed by atoms with Gasteiger partial charge >= 0.3 is 5.97 Å². The number of amides is 1. The van der Waals surface area contributed by atoms with Crippen LogP contribution < -0.4 is 10.9 Å². The van der Waals surface area contributed by atoms with Crippen molar-refractivity contribution in [3.8, 4) is 0 Å². The molecule has 0 spiro atoms. The van der Waals surface area contributed by atoms with Gasteiger partial charge in [-0.15, -0.1) is 0 Å². The summed E-state index contributed by atoms with van der Waals surface area (Å²) in [6, 6.07) is 6.41. The maximum absolute atomic E-state index is 12.0. The highest BCUT2D eigenvalue weighted by Crippen LogP contribution is 2.23. The largest absolute Gasteiger partial charge is 0.478 e. The minimum absolute atomic E-state index is 0.00824. The number of halogens is 1. The number of aryl methyl sites for hydroxylation is 1. The minimum atomic E-state index is -1.14. The molecule has 1 aromatic carbocycles. The first-order valence-electron chi connectivity index (χ1n) is 5.77. The topological polar surface area (TPSA) is 101 Å². The highest BCUT2D eigenvalue weighted by molar-refractivity contribution is 6.34. The van der Waals surface area contributed by atoms with E-state index in [9.17, 15) is 14.4 Å². The third kappa shape index (κ3) is 3.26. The molecule has 21 heavy (non-hydrogen) atoms. The van der Waals surface area contributed by atoms with E-state index in [0.29, 0.717) is 0 Å². The van der Waals surface area contributed by atoms with E-state index in [-0.39, 0.29) is 27.5 Å². The van der Waals surface area contributed by atoms with Crippen LogP contribution in [0.25, 0.3) is 0 Å². The van der Waals surface area contributed by atoms with Crippen molar-refractivity contribution in [2.24, 2.45) is 7.05 Å². The number of anilines is 1. The van der Waals surface area contributed by atoms with Gasteiger partial charge in [0.2, 0.25) is 0 Å². The molecule has 2 aromatic rings. The lowest BCUT2D eigenvalue weighted by Gasteiger charge is -2.08. The van der Waals surface area contributed by atoms with Gasteiger partial charge < -0.3 is 10.4 Å². The summed E-state index contributed by atoms with van der Waals surface area (Å²) in [5.41, 5.74) is -0.202. The third-order valence-corrected chi connectivity index (χ3v) is 2.98. The first-order valence-corrected chi connectivity index (χ1v) is 6.15. The van der Waals surface area contributed by atoms with Gasteiger partial charge in [-0.05, 0) is 24.3 Å². The monoisotopic (exact) mass is 307 g/mol. The molecule has 0 saturated heterocycles. The second-order valence-corrected chi connectivity index (χ2v) is 4.54. The molecule has 108 valence electrons. The molecule has 0 saturated carbocycles. The second-order valence-electron chi connectivity index (χ2n) is 4.13. The summed E-state index contributed by atoms with van der Waals surface area (Å²) in [4.78, 5) is 34.1. The Balaban J connectivity index is 2.30. The number of benzene rings is 1. The second kappa shape index (κ2) is 5.76. The van der Waals surface area contributed by atoms with Crippen LogP contribution in [0, 0.1) is 0 Å². The molecule has 2 rings (SSSR count). The van der Waals surface area contributed by atoms with E-state index >= 15 is 0 Å². The molecule has 0 unspecified atom stereocenters. The van der Waals surface area contributed by atoms with Crippen LogP contribution in [0.15, 0.2) is 35.1 Å². The van der Waals surface area contributed by atoms with Crippen LogP contribution in [0.4, 0.5) is 5.69 Å². The molecule has 7 nitrogen and oxygen atoms in total. The van der Waals surface area contributed by atoms with Gasteiger partial charge in [-0.3, -0.25) is 9.59 Å². The summed E-state index contributed by atoms with van der Waals surface area (Å²) >= 11 is 5.91. The maximum Gasteiger partial charge on any atom is 0.335 e. The Hall–Kier alpha value is -2.67. The summed E-state index contributed by atoms with van der Waals surface area (Å²) in [7, 11) is 1.41. The Kier molecular flexibility index (Phi) is 4.04. The van der Waals surface area contributed by atoms with Crippen molar-refractivity contribution in [2.75, 3.05) is 5.32 Å². The Labute approximate surface area is 123 Å². The van der Waals surface area contributed by atoms with Crippen molar-refractivity contribution in [3.63, 3.8) is 0 Å².